The van der Waals surface area contributed by atoms with Crippen LogP contribution >= 0.6 is 0 Å². The molecule has 2 N–H and O–H groups in total. The van der Waals surface area contributed by atoms with Gasteiger partial charge in [0.25, 0.3) is 0 Å². The summed E-state index contributed by atoms with van der Waals surface area (Å²) in [5, 5.41) is 0. The number of ether oxygens (including phenoxy) is 1. The molecule has 1 atom stereocenters. The molecule has 3 heteroatoms. The highest BCUT2D eigenvalue weighted by molar-refractivity contribution is 5.27. The lowest BCUT2D eigenvalue weighted by atomic mass is 10.2. The Bertz CT molecular complexity index is 295. The minimum atomic E-state index is 0.0563. The Morgan fingerprint density at radius 2 is 1.88 bits per heavy atom. The molecule has 0 amide bonds. The molecule has 0 bridgehead atoms. The van der Waals surface area contributed by atoms with Crippen molar-refractivity contribution in [3.05, 3.63) is 29.8 Å². The van der Waals surface area contributed by atoms with Gasteiger partial charge in [0.05, 0.1) is 6.04 Å². The van der Waals surface area contributed by atoms with E-state index in [4.69, 9.17) is 10.5 Å². The van der Waals surface area contributed by atoms with E-state index in [1.54, 1.807) is 0 Å². The number of aryl methyl sites for hydroxylation is 1. The largest absolute Gasteiger partial charge is 0.492 e. The summed E-state index contributed by atoms with van der Waals surface area (Å²) in [7, 11) is 4.02. The van der Waals surface area contributed by atoms with Crippen molar-refractivity contribution in [2.45, 2.75) is 19.4 Å². The fourth-order valence-corrected chi connectivity index (χ4v) is 1.55. The van der Waals surface area contributed by atoms with Gasteiger partial charge in [-0.3, -0.25) is 0 Å². The van der Waals surface area contributed by atoms with Crippen LogP contribution in [0, 0.1) is 0 Å². The molecule has 3 nitrogen and oxygen atoms in total. The summed E-state index contributed by atoms with van der Waals surface area (Å²) in [6, 6.07) is 8.24. The number of hydrogen-bond acceptors (Lipinski definition) is 3. The molecule has 0 saturated heterocycles. The van der Waals surface area contributed by atoms with Crippen LogP contribution in [0.2, 0.25) is 0 Å². The fraction of sp³-hybridized carbons (Fsp3) is 0.538. The maximum Gasteiger partial charge on any atom is 0.119 e. The molecule has 0 spiro atoms. The van der Waals surface area contributed by atoms with Crippen molar-refractivity contribution in [2.75, 3.05) is 27.2 Å². The molecule has 90 valence electrons. The minimum absolute atomic E-state index is 0.0563. The molecule has 1 unspecified atom stereocenters. The lowest BCUT2D eigenvalue weighted by molar-refractivity contribution is 0.254. The fourth-order valence-electron chi connectivity index (χ4n) is 1.55. The van der Waals surface area contributed by atoms with Gasteiger partial charge in [0, 0.05) is 6.54 Å². The summed E-state index contributed by atoms with van der Waals surface area (Å²) in [6.45, 7) is 3.54. The highest BCUT2D eigenvalue weighted by Crippen LogP contribution is 2.12. The standard InChI is InChI=1S/C13H22N2O/c1-4-11-5-7-13(8-6-11)16-10-12(14)9-15(2)3/h5-8,12H,4,9-10,14H2,1-3H3. The quantitative estimate of drug-likeness (QED) is 0.793. The average molecular weight is 222 g/mol. The zero-order chi connectivity index (χ0) is 12.0. The van der Waals surface area contributed by atoms with E-state index in [9.17, 15) is 0 Å². The van der Waals surface area contributed by atoms with E-state index in [0.29, 0.717) is 6.61 Å². The van der Waals surface area contributed by atoms with Crippen LogP contribution in [0.15, 0.2) is 24.3 Å². The highest BCUT2D eigenvalue weighted by atomic mass is 16.5. The van der Waals surface area contributed by atoms with E-state index in [-0.39, 0.29) is 6.04 Å². The molecule has 0 fully saturated rings. The molecule has 0 radical (unpaired) electrons. The van der Waals surface area contributed by atoms with Crippen molar-refractivity contribution in [1.82, 2.24) is 4.90 Å². The number of likely N-dealkylation sites (N-methyl/N-ethyl adjacent to an activating group) is 1. The molecule has 1 aromatic carbocycles. The van der Waals surface area contributed by atoms with Crippen LogP contribution in [-0.4, -0.2) is 38.2 Å². The van der Waals surface area contributed by atoms with Gasteiger partial charge >= 0.3 is 0 Å². The van der Waals surface area contributed by atoms with Crippen LogP contribution in [0.25, 0.3) is 0 Å². The first-order valence-electron chi connectivity index (χ1n) is 5.74. The predicted octanol–water partition coefficient (Wildman–Crippen LogP) is 1.52. The van der Waals surface area contributed by atoms with E-state index in [2.05, 4.69) is 24.0 Å². The van der Waals surface area contributed by atoms with Crippen LogP contribution < -0.4 is 10.5 Å². The maximum atomic E-state index is 5.91. The Labute approximate surface area is 98.2 Å². The van der Waals surface area contributed by atoms with Crippen LogP contribution in [0.4, 0.5) is 0 Å². The highest BCUT2D eigenvalue weighted by Gasteiger charge is 2.04. The third-order valence-corrected chi connectivity index (χ3v) is 2.40. The molecule has 0 heterocycles. The Balaban J connectivity index is 2.36. The van der Waals surface area contributed by atoms with Gasteiger partial charge in [0.15, 0.2) is 0 Å². The van der Waals surface area contributed by atoms with Crippen molar-refractivity contribution in [3.8, 4) is 5.75 Å². The van der Waals surface area contributed by atoms with E-state index >= 15 is 0 Å². The molecule has 0 saturated carbocycles. The van der Waals surface area contributed by atoms with Gasteiger partial charge in [-0.15, -0.1) is 0 Å². The van der Waals surface area contributed by atoms with Crippen LogP contribution in [0.5, 0.6) is 5.75 Å². The van der Waals surface area contributed by atoms with Crippen LogP contribution in [0.3, 0.4) is 0 Å². The van der Waals surface area contributed by atoms with Crippen molar-refractivity contribution in [3.63, 3.8) is 0 Å². The Morgan fingerprint density at radius 1 is 1.25 bits per heavy atom. The van der Waals surface area contributed by atoms with E-state index in [0.717, 1.165) is 18.7 Å². The summed E-state index contributed by atoms with van der Waals surface area (Å²) >= 11 is 0. The molecular formula is C13H22N2O. The summed E-state index contributed by atoms with van der Waals surface area (Å²) in [5.74, 6) is 0.895. The van der Waals surface area contributed by atoms with Gasteiger partial charge in [-0.2, -0.15) is 0 Å². The summed E-state index contributed by atoms with van der Waals surface area (Å²) in [5.41, 5.74) is 7.24. The molecule has 0 aliphatic heterocycles. The van der Waals surface area contributed by atoms with Gasteiger partial charge in [-0.1, -0.05) is 19.1 Å². The predicted molar refractivity (Wildman–Crippen MR) is 67.8 cm³/mol. The summed E-state index contributed by atoms with van der Waals surface area (Å²) < 4.78 is 5.62. The molecule has 16 heavy (non-hydrogen) atoms. The van der Waals surface area contributed by atoms with Gasteiger partial charge < -0.3 is 15.4 Å². The zero-order valence-corrected chi connectivity index (χ0v) is 10.4. The number of hydrogen-bond donors (Lipinski definition) is 1. The molecular weight excluding hydrogens is 200 g/mol. The second-order valence-electron chi connectivity index (χ2n) is 4.33. The van der Waals surface area contributed by atoms with E-state index < -0.39 is 0 Å². The monoisotopic (exact) mass is 222 g/mol. The molecule has 0 aromatic heterocycles. The number of rotatable bonds is 6. The van der Waals surface area contributed by atoms with Crippen molar-refractivity contribution < 1.29 is 4.74 Å². The first kappa shape index (κ1) is 13.0. The smallest absolute Gasteiger partial charge is 0.119 e. The van der Waals surface area contributed by atoms with Crippen LogP contribution in [0.1, 0.15) is 12.5 Å². The molecule has 0 aliphatic rings. The lowest BCUT2D eigenvalue weighted by Crippen LogP contribution is -2.37. The minimum Gasteiger partial charge on any atom is -0.492 e. The van der Waals surface area contributed by atoms with Gasteiger partial charge in [0.2, 0.25) is 0 Å². The normalized spacial score (nSPS) is 12.8. The number of benzene rings is 1. The number of nitrogens with zero attached hydrogens (tertiary/aromatic N) is 1. The maximum absolute atomic E-state index is 5.91. The third-order valence-electron chi connectivity index (χ3n) is 2.40. The van der Waals surface area contributed by atoms with Gasteiger partial charge in [-0.05, 0) is 38.2 Å². The van der Waals surface area contributed by atoms with E-state index in [1.165, 1.54) is 5.56 Å². The topological polar surface area (TPSA) is 38.5 Å². The first-order valence-corrected chi connectivity index (χ1v) is 5.74. The second-order valence-corrected chi connectivity index (χ2v) is 4.33. The van der Waals surface area contributed by atoms with Crippen molar-refractivity contribution in [2.24, 2.45) is 5.73 Å². The number of nitrogens with two attached hydrogens (primary N) is 1. The Morgan fingerprint density at radius 3 is 2.38 bits per heavy atom. The SMILES string of the molecule is CCc1ccc(OCC(N)CN(C)C)cc1. The average Bonchev–Trinajstić information content (AvgIpc) is 2.26. The molecule has 0 aliphatic carbocycles. The lowest BCUT2D eigenvalue weighted by Gasteiger charge is -2.17. The Hall–Kier alpha value is -1.06. The van der Waals surface area contributed by atoms with Crippen LogP contribution in [-0.2, 0) is 6.42 Å². The van der Waals surface area contributed by atoms with Gasteiger partial charge in [-0.25, -0.2) is 0 Å². The van der Waals surface area contributed by atoms with Crippen molar-refractivity contribution >= 4 is 0 Å². The molecule has 1 rings (SSSR count). The van der Waals surface area contributed by atoms with Crippen molar-refractivity contribution in [1.29, 1.82) is 0 Å². The molecule has 1 aromatic rings. The second kappa shape index (κ2) is 6.51. The zero-order valence-electron chi connectivity index (χ0n) is 10.4. The summed E-state index contributed by atoms with van der Waals surface area (Å²) in [4.78, 5) is 2.06. The first-order chi connectivity index (χ1) is 7.61. The van der Waals surface area contributed by atoms with E-state index in [1.807, 2.05) is 26.2 Å². The Kier molecular flexibility index (Phi) is 5.29. The third kappa shape index (κ3) is 4.64. The summed E-state index contributed by atoms with van der Waals surface area (Å²) in [6.07, 6.45) is 1.06. The van der Waals surface area contributed by atoms with Gasteiger partial charge in [0.1, 0.15) is 12.4 Å².